The number of anilines is 1. The number of nitrogens with zero attached hydrogens (tertiary/aromatic N) is 4. The highest BCUT2D eigenvalue weighted by atomic mass is 15.2. The summed E-state index contributed by atoms with van der Waals surface area (Å²) in [5.74, 6) is 3.72. The third-order valence-electron chi connectivity index (χ3n) is 4.97. The molecule has 0 bridgehead atoms. The van der Waals surface area contributed by atoms with Crippen molar-refractivity contribution < 1.29 is 0 Å². The Bertz CT molecular complexity index is 502. The zero-order chi connectivity index (χ0) is 15.5. The molecule has 2 saturated heterocycles. The fourth-order valence-electron chi connectivity index (χ4n) is 3.87. The summed E-state index contributed by atoms with van der Waals surface area (Å²) in [7, 11) is 0. The molecule has 3 heterocycles. The van der Waals surface area contributed by atoms with Gasteiger partial charge in [0.2, 0.25) is 0 Å². The van der Waals surface area contributed by atoms with Gasteiger partial charge in [-0.25, -0.2) is 9.97 Å². The molecule has 0 N–H and O–H groups in total. The van der Waals surface area contributed by atoms with E-state index in [1.807, 2.05) is 0 Å². The number of aromatic nitrogens is 2. The van der Waals surface area contributed by atoms with Crippen LogP contribution in [0.5, 0.6) is 0 Å². The summed E-state index contributed by atoms with van der Waals surface area (Å²) in [5.41, 5.74) is 1.10. The van der Waals surface area contributed by atoms with Crippen molar-refractivity contribution in [2.45, 2.75) is 53.0 Å². The number of hydrogen-bond acceptors (Lipinski definition) is 4. The smallest absolute Gasteiger partial charge is 0.144 e. The molecule has 1 aromatic heterocycles. The van der Waals surface area contributed by atoms with E-state index >= 15 is 0 Å². The molecule has 0 unspecified atom stereocenters. The van der Waals surface area contributed by atoms with Crippen LogP contribution in [0.15, 0.2) is 6.07 Å². The van der Waals surface area contributed by atoms with Crippen molar-refractivity contribution in [2.24, 2.45) is 11.8 Å². The van der Waals surface area contributed by atoms with Crippen LogP contribution in [0.1, 0.15) is 51.0 Å². The average molecular weight is 302 g/mol. The SMILES string of the molecule is Cc1cc(N2CCC[C@@H](C)C2)nc(CN2CCC[C@H](C)C2)n1. The minimum Gasteiger partial charge on any atom is -0.356 e. The van der Waals surface area contributed by atoms with E-state index in [9.17, 15) is 0 Å². The maximum absolute atomic E-state index is 4.88. The summed E-state index contributed by atoms with van der Waals surface area (Å²) >= 11 is 0. The first-order valence-electron chi connectivity index (χ1n) is 8.92. The Balaban J connectivity index is 1.72. The third-order valence-corrected chi connectivity index (χ3v) is 4.97. The second kappa shape index (κ2) is 6.95. The van der Waals surface area contributed by atoms with Crippen molar-refractivity contribution in [3.8, 4) is 0 Å². The summed E-state index contributed by atoms with van der Waals surface area (Å²) in [4.78, 5) is 14.5. The number of hydrogen-bond donors (Lipinski definition) is 0. The fourth-order valence-corrected chi connectivity index (χ4v) is 3.87. The van der Waals surface area contributed by atoms with E-state index in [2.05, 4.69) is 41.6 Å². The van der Waals surface area contributed by atoms with E-state index in [4.69, 9.17) is 4.98 Å². The molecule has 0 spiro atoms. The van der Waals surface area contributed by atoms with Crippen molar-refractivity contribution >= 4 is 5.82 Å². The van der Waals surface area contributed by atoms with Crippen LogP contribution in [0.3, 0.4) is 0 Å². The largest absolute Gasteiger partial charge is 0.356 e. The van der Waals surface area contributed by atoms with Crippen LogP contribution in [-0.4, -0.2) is 41.0 Å². The molecule has 1 aromatic rings. The highest BCUT2D eigenvalue weighted by Gasteiger charge is 2.20. The van der Waals surface area contributed by atoms with Crippen molar-refractivity contribution in [3.05, 3.63) is 17.6 Å². The average Bonchev–Trinajstić information content (AvgIpc) is 2.46. The van der Waals surface area contributed by atoms with Crippen molar-refractivity contribution in [1.82, 2.24) is 14.9 Å². The molecule has 0 radical (unpaired) electrons. The fraction of sp³-hybridized carbons (Fsp3) is 0.778. The molecule has 4 nitrogen and oxygen atoms in total. The van der Waals surface area contributed by atoms with Crippen LogP contribution in [0.2, 0.25) is 0 Å². The second-order valence-electron chi connectivity index (χ2n) is 7.46. The molecule has 0 aliphatic carbocycles. The summed E-state index contributed by atoms with van der Waals surface area (Å²) in [6.45, 7) is 12.4. The van der Waals surface area contributed by atoms with Crippen molar-refractivity contribution in [3.63, 3.8) is 0 Å². The van der Waals surface area contributed by atoms with Gasteiger partial charge in [-0.05, 0) is 51.0 Å². The molecule has 4 heteroatoms. The predicted molar refractivity (Wildman–Crippen MR) is 91.1 cm³/mol. The van der Waals surface area contributed by atoms with Gasteiger partial charge >= 0.3 is 0 Å². The van der Waals surface area contributed by atoms with Gasteiger partial charge in [0, 0.05) is 31.4 Å². The van der Waals surface area contributed by atoms with Gasteiger partial charge in [-0.15, -0.1) is 0 Å². The minimum atomic E-state index is 0.774. The number of rotatable bonds is 3. The summed E-state index contributed by atoms with van der Waals surface area (Å²) < 4.78 is 0. The molecule has 0 saturated carbocycles. The Kier molecular flexibility index (Phi) is 4.97. The molecule has 2 aliphatic heterocycles. The quantitative estimate of drug-likeness (QED) is 0.858. The molecular weight excluding hydrogens is 272 g/mol. The molecule has 122 valence electrons. The Morgan fingerprint density at radius 1 is 1.05 bits per heavy atom. The first-order valence-corrected chi connectivity index (χ1v) is 8.92. The molecule has 2 fully saturated rings. The first kappa shape index (κ1) is 15.7. The lowest BCUT2D eigenvalue weighted by atomic mass is 10.0. The van der Waals surface area contributed by atoms with E-state index in [1.165, 1.54) is 38.8 Å². The zero-order valence-corrected chi connectivity index (χ0v) is 14.4. The Morgan fingerprint density at radius 2 is 1.77 bits per heavy atom. The maximum Gasteiger partial charge on any atom is 0.144 e. The van der Waals surface area contributed by atoms with Gasteiger partial charge in [-0.1, -0.05) is 13.8 Å². The zero-order valence-electron chi connectivity index (χ0n) is 14.4. The number of aryl methyl sites for hydroxylation is 1. The van der Waals surface area contributed by atoms with Gasteiger partial charge in [0.25, 0.3) is 0 Å². The lowest BCUT2D eigenvalue weighted by molar-refractivity contribution is 0.173. The van der Waals surface area contributed by atoms with Crippen LogP contribution < -0.4 is 4.90 Å². The van der Waals surface area contributed by atoms with Gasteiger partial charge < -0.3 is 4.90 Å². The van der Waals surface area contributed by atoms with Crippen molar-refractivity contribution in [1.29, 1.82) is 0 Å². The van der Waals surface area contributed by atoms with Crippen molar-refractivity contribution in [2.75, 3.05) is 31.1 Å². The van der Waals surface area contributed by atoms with Crippen LogP contribution in [0.25, 0.3) is 0 Å². The highest BCUT2D eigenvalue weighted by Crippen LogP contribution is 2.23. The third kappa shape index (κ3) is 3.97. The highest BCUT2D eigenvalue weighted by molar-refractivity contribution is 5.40. The lowest BCUT2D eigenvalue weighted by Crippen LogP contribution is -2.36. The van der Waals surface area contributed by atoms with E-state index in [1.54, 1.807) is 0 Å². The van der Waals surface area contributed by atoms with E-state index in [-0.39, 0.29) is 0 Å². The molecule has 2 aliphatic rings. The van der Waals surface area contributed by atoms with Crippen LogP contribution in [0.4, 0.5) is 5.82 Å². The Labute approximate surface area is 134 Å². The molecule has 2 atom stereocenters. The number of likely N-dealkylation sites (tertiary alicyclic amines) is 1. The Morgan fingerprint density at radius 3 is 2.50 bits per heavy atom. The van der Waals surface area contributed by atoms with Gasteiger partial charge in [0.1, 0.15) is 11.6 Å². The maximum atomic E-state index is 4.88. The first-order chi connectivity index (χ1) is 10.6. The lowest BCUT2D eigenvalue weighted by Gasteiger charge is -2.33. The molecule has 3 rings (SSSR count). The summed E-state index contributed by atoms with van der Waals surface area (Å²) in [6.07, 6.45) is 5.30. The van der Waals surface area contributed by atoms with Gasteiger partial charge in [-0.3, -0.25) is 4.90 Å². The van der Waals surface area contributed by atoms with Crippen LogP contribution in [-0.2, 0) is 6.54 Å². The molecule has 0 aromatic carbocycles. The predicted octanol–water partition coefficient (Wildman–Crippen LogP) is 3.25. The van der Waals surface area contributed by atoms with Gasteiger partial charge in [0.05, 0.1) is 6.54 Å². The minimum absolute atomic E-state index is 0.774. The second-order valence-corrected chi connectivity index (χ2v) is 7.46. The normalized spacial score (nSPS) is 27.1. The molecule has 0 amide bonds. The van der Waals surface area contributed by atoms with E-state index in [0.29, 0.717) is 0 Å². The summed E-state index contributed by atoms with van der Waals surface area (Å²) in [5, 5.41) is 0. The molecule has 22 heavy (non-hydrogen) atoms. The molecular formula is C18H30N4. The van der Waals surface area contributed by atoms with E-state index < -0.39 is 0 Å². The van der Waals surface area contributed by atoms with Crippen LogP contribution in [0, 0.1) is 18.8 Å². The van der Waals surface area contributed by atoms with Gasteiger partial charge in [-0.2, -0.15) is 0 Å². The number of piperidine rings is 2. The van der Waals surface area contributed by atoms with Gasteiger partial charge in [0.15, 0.2) is 0 Å². The summed E-state index contributed by atoms with van der Waals surface area (Å²) in [6, 6.07) is 2.15. The Hall–Kier alpha value is -1.16. The standard InChI is InChI=1S/C18H30N4/c1-14-6-4-8-21(11-14)13-17-19-16(3)10-18(20-17)22-9-5-7-15(2)12-22/h10,14-15H,4-9,11-13H2,1-3H3/t14-,15+/m0/s1. The van der Waals surface area contributed by atoms with Crippen LogP contribution >= 0.6 is 0 Å². The van der Waals surface area contributed by atoms with E-state index in [0.717, 1.165) is 48.8 Å². The topological polar surface area (TPSA) is 32.3 Å². The monoisotopic (exact) mass is 302 g/mol.